The van der Waals surface area contributed by atoms with Crippen molar-refractivity contribution in [3.05, 3.63) is 36.9 Å². The first-order chi connectivity index (χ1) is 9.11. The molecule has 4 nitrogen and oxygen atoms in total. The van der Waals surface area contributed by atoms with Crippen molar-refractivity contribution in [3.8, 4) is 5.75 Å². The van der Waals surface area contributed by atoms with Crippen LogP contribution in [0, 0.1) is 0 Å². The Morgan fingerprint density at radius 2 is 2.05 bits per heavy atom. The van der Waals surface area contributed by atoms with E-state index in [4.69, 9.17) is 4.74 Å². The zero-order valence-electron chi connectivity index (χ0n) is 11.6. The minimum atomic E-state index is -0.00547. The third-order valence-corrected chi connectivity index (χ3v) is 2.33. The minimum absolute atomic E-state index is 0.00547. The molecule has 1 amide bonds. The molecule has 0 aliphatic rings. The summed E-state index contributed by atoms with van der Waals surface area (Å²) in [6, 6.07) is 7.39. The lowest BCUT2D eigenvalue weighted by Gasteiger charge is -2.10. The van der Waals surface area contributed by atoms with Crippen LogP contribution in [0.1, 0.15) is 20.3 Å². The van der Waals surface area contributed by atoms with Gasteiger partial charge in [-0.05, 0) is 38.1 Å². The summed E-state index contributed by atoms with van der Waals surface area (Å²) in [6.07, 6.45) is 2.36. The highest BCUT2D eigenvalue weighted by atomic mass is 16.5. The summed E-state index contributed by atoms with van der Waals surface area (Å²) in [5.41, 5.74) is 0.782. The normalized spacial score (nSPS) is 10.3. The van der Waals surface area contributed by atoms with Crippen molar-refractivity contribution >= 4 is 11.6 Å². The van der Waals surface area contributed by atoms with Gasteiger partial charge in [0.1, 0.15) is 5.75 Å². The number of rotatable bonds is 8. The molecule has 1 aromatic rings. The molecule has 4 heteroatoms. The number of benzene rings is 1. The van der Waals surface area contributed by atoms with E-state index in [1.54, 1.807) is 6.08 Å². The maximum atomic E-state index is 11.6. The Labute approximate surface area is 114 Å². The Morgan fingerprint density at radius 1 is 1.37 bits per heavy atom. The average molecular weight is 262 g/mol. The third-order valence-electron chi connectivity index (χ3n) is 2.33. The van der Waals surface area contributed by atoms with Crippen LogP contribution in [0.25, 0.3) is 0 Å². The summed E-state index contributed by atoms with van der Waals surface area (Å²) in [4.78, 5) is 11.6. The Morgan fingerprint density at radius 3 is 2.63 bits per heavy atom. The van der Waals surface area contributed by atoms with Crippen LogP contribution in [0.15, 0.2) is 36.9 Å². The van der Waals surface area contributed by atoms with Crippen molar-refractivity contribution in [3.63, 3.8) is 0 Å². The Hall–Kier alpha value is -1.81. The van der Waals surface area contributed by atoms with Crippen LogP contribution >= 0.6 is 0 Å². The summed E-state index contributed by atoms with van der Waals surface area (Å²) >= 11 is 0. The van der Waals surface area contributed by atoms with E-state index in [1.807, 2.05) is 38.1 Å². The SMILES string of the molecule is C=CCNCCC(=O)Nc1ccc(OC(C)C)cc1. The first kappa shape index (κ1) is 15.2. The second-order valence-electron chi connectivity index (χ2n) is 4.48. The summed E-state index contributed by atoms with van der Waals surface area (Å²) in [6.45, 7) is 8.92. The van der Waals surface area contributed by atoms with Crippen molar-refractivity contribution in [2.45, 2.75) is 26.4 Å². The van der Waals surface area contributed by atoms with E-state index >= 15 is 0 Å². The van der Waals surface area contributed by atoms with Crippen LogP contribution < -0.4 is 15.4 Å². The summed E-state index contributed by atoms with van der Waals surface area (Å²) in [5, 5.41) is 5.92. The van der Waals surface area contributed by atoms with Crippen molar-refractivity contribution in [1.82, 2.24) is 5.32 Å². The highest BCUT2D eigenvalue weighted by Crippen LogP contribution is 2.16. The number of hydrogen-bond acceptors (Lipinski definition) is 3. The van der Waals surface area contributed by atoms with Crippen LogP contribution in [0.5, 0.6) is 5.75 Å². The zero-order chi connectivity index (χ0) is 14.1. The molecule has 0 spiro atoms. The molecular weight excluding hydrogens is 240 g/mol. The molecule has 104 valence electrons. The third kappa shape index (κ3) is 6.62. The number of amides is 1. The second kappa shape index (κ2) is 8.32. The molecule has 0 aromatic heterocycles. The van der Waals surface area contributed by atoms with Gasteiger partial charge < -0.3 is 15.4 Å². The number of nitrogens with one attached hydrogen (secondary N) is 2. The molecule has 0 atom stereocenters. The summed E-state index contributed by atoms with van der Waals surface area (Å²) < 4.78 is 5.53. The number of anilines is 1. The fourth-order valence-electron chi connectivity index (χ4n) is 1.52. The van der Waals surface area contributed by atoms with E-state index in [-0.39, 0.29) is 12.0 Å². The van der Waals surface area contributed by atoms with Gasteiger partial charge in [-0.2, -0.15) is 0 Å². The lowest BCUT2D eigenvalue weighted by Crippen LogP contribution is -2.21. The van der Waals surface area contributed by atoms with Crippen molar-refractivity contribution < 1.29 is 9.53 Å². The largest absolute Gasteiger partial charge is 0.491 e. The van der Waals surface area contributed by atoms with E-state index in [2.05, 4.69) is 17.2 Å². The van der Waals surface area contributed by atoms with E-state index in [1.165, 1.54) is 0 Å². The Bertz CT molecular complexity index is 399. The highest BCUT2D eigenvalue weighted by Gasteiger charge is 2.02. The Kier molecular flexibility index (Phi) is 6.68. The highest BCUT2D eigenvalue weighted by molar-refractivity contribution is 5.90. The minimum Gasteiger partial charge on any atom is -0.491 e. The molecule has 0 aliphatic heterocycles. The average Bonchev–Trinajstić information content (AvgIpc) is 2.36. The molecule has 0 fully saturated rings. The topological polar surface area (TPSA) is 50.4 Å². The molecule has 1 rings (SSSR count). The van der Waals surface area contributed by atoms with Gasteiger partial charge in [-0.1, -0.05) is 6.08 Å². The van der Waals surface area contributed by atoms with Gasteiger partial charge in [-0.3, -0.25) is 4.79 Å². The number of ether oxygens (including phenoxy) is 1. The summed E-state index contributed by atoms with van der Waals surface area (Å²) in [5.74, 6) is 0.801. The molecule has 0 bridgehead atoms. The number of hydrogen-bond donors (Lipinski definition) is 2. The van der Waals surface area contributed by atoms with Gasteiger partial charge in [0.2, 0.25) is 5.91 Å². The van der Waals surface area contributed by atoms with E-state index < -0.39 is 0 Å². The second-order valence-corrected chi connectivity index (χ2v) is 4.48. The van der Waals surface area contributed by atoms with Gasteiger partial charge in [0.15, 0.2) is 0 Å². The molecule has 19 heavy (non-hydrogen) atoms. The van der Waals surface area contributed by atoms with Crippen molar-refractivity contribution in [2.75, 3.05) is 18.4 Å². The van der Waals surface area contributed by atoms with Crippen LogP contribution in [0.4, 0.5) is 5.69 Å². The molecule has 2 N–H and O–H groups in total. The lowest BCUT2D eigenvalue weighted by atomic mass is 10.3. The van der Waals surface area contributed by atoms with Crippen molar-refractivity contribution in [1.29, 1.82) is 0 Å². The van der Waals surface area contributed by atoms with Gasteiger partial charge >= 0.3 is 0 Å². The van der Waals surface area contributed by atoms with E-state index in [0.717, 1.165) is 11.4 Å². The quantitative estimate of drug-likeness (QED) is 0.559. The first-order valence-electron chi connectivity index (χ1n) is 6.50. The maximum absolute atomic E-state index is 11.6. The summed E-state index contributed by atoms with van der Waals surface area (Å²) in [7, 11) is 0. The fraction of sp³-hybridized carbons (Fsp3) is 0.400. The number of carbonyl (C=O) groups excluding carboxylic acids is 1. The van der Waals surface area contributed by atoms with Crippen LogP contribution in [0.2, 0.25) is 0 Å². The van der Waals surface area contributed by atoms with E-state index in [0.29, 0.717) is 19.5 Å². The molecule has 0 unspecified atom stereocenters. The standard InChI is InChI=1S/C15H22N2O2/c1-4-10-16-11-9-15(18)17-13-5-7-14(8-6-13)19-12(2)3/h4-8,12,16H,1,9-11H2,2-3H3,(H,17,18). The monoisotopic (exact) mass is 262 g/mol. The molecule has 0 heterocycles. The zero-order valence-corrected chi connectivity index (χ0v) is 11.6. The fourth-order valence-corrected chi connectivity index (χ4v) is 1.52. The molecule has 0 saturated heterocycles. The molecule has 0 aliphatic carbocycles. The van der Waals surface area contributed by atoms with Gasteiger partial charge in [-0.15, -0.1) is 6.58 Å². The van der Waals surface area contributed by atoms with Crippen molar-refractivity contribution in [2.24, 2.45) is 0 Å². The van der Waals surface area contributed by atoms with Gasteiger partial charge in [-0.25, -0.2) is 0 Å². The lowest BCUT2D eigenvalue weighted by molar-refractivity contribution is -0.116. The maximum Gasteiger partial charge on any atom is 0.225 e. The van der Waals surface area contributed by atoms with E-state index in [9.17, 15) is 4.79 Å². The predicted molar refractivity (Wildman–Crippen MR) is 78.5 cm³/mol. The predicted octanol–water partition coefficient (Wildman–Crippen LogP) is 2.58. The molecule has 1 aromatic carbocycles. The van der Waals surface area contributed by atoms with Gasteiger partial charge in [0, 0.05) is 25.2 Å². The molecule has 0 saturated carbocycles. The molecule has 0 radical (unpaired) electrons. The smallest absolute Gasteiger partial charge is 0.225 e. The van der Waals surface area contributed by atoms with Crippen LogP contribution in [-0.4, -0.2) is 25.1 Å². The Balaban J connectivity index is 2.35. The van der Waals surface area contributed by atoms with Crippen LogP contribution in [-0.2, 0) is 4.79 Å². The first-order valence-corrected chi connectivity index (χ1v) is 6.50. The van der Waals surface area contributed by atoms with Gasteiger partial charge in [0.25, 0.3) is 0 Å². The molecular formula is C15H22N2O2. The van der Waals surface area contributed by atoms with Gasteiger partial charge in [0.05, 0.1) is 6.10 Å². The number of carbonyl (C=O) groups is 1. The van der Waals surface area contributed by atoms with Crippen LogP contribution in [0.3, 0.4) is 0 Å².